The van der Waals surface area contributed by atoms with Gasteiger partial charge in [0.05, 0.1) is 5.56 Å². The van der Waals surface area contributed by atoms with Crippen molar-refractivity contribution < 1.29 is 22.7 Å². The Labute approximate surface area is 144 Å². The van der Waals surface area contributed by atoms with Crippen molar-refractivity contribution in [1.82, 2.24) is 0 Å². The van der Waals surface area contributed by atoms with Gasteiger partial charge in [0.2, 0.25) is 0 Å². The number of aldehydes is 1. The van der Waals surface area contributed by atoms with Gasteiger partial charge in [-0.25, -0.2) is 8.78 Å². The molecule has 0 unspecified atom stereocenters. The Kier molecular flexibility index (Phi) is 7.39. The smallest absolute Gasteiger partial charge is 0.258 e. The predicted octanol–water partition coefficient (Wildman–Crippen LogP) is 5.54. The van der Waals surface area contributed by atoms with E-state index in [-0.39, 0.29) is 40.3 Å². The number of rotatable bonds is 9. The van der Waals surface area contributed by atoms with Gasteiger partial charge in [-0.05, 0) is 22.7 Å². The van der Waals surface area contributed by atoms with Gasteiger partial charge in [-0.3, -0.25) is 4.79 Å². The summed E-state index contributed by atoms with van der Waals surface area (Å²) in [6.07, 6.45) is 0.424. The first-order valence-electron chi connectivity index (χ1n) is 8.37. The van der Waals surface area contributed by atoms with Crippen molar-refractivity contribution in [3.8, 4) is 11.5 Å². The Hall–Kier alpha value is -1.43. The van der Waals surface area contributed by atoms with Gasteiger partial charge in [-0.1, -0.05) is 41.5 Å². The topological polar surface area (TPSA) is 35.5 Å². The summed E-state index contributed by atoms with van der Waals surface area (Å²) in [6, 6.07) is 2.70. The Morgan fingerprint density at radius 3 is 2.04 bits per heavy atom. The lowest BCUT2D eigenvalue weighted by molar-refractivity contribution is 0.111. The summed E-state index contributed by atoms with van der Waals surface area (Å²) in [5.74, 6) is -0.419. The Morgan fingerprint density at radius 2 is 1.62 bits per heavy atom. The fraction of sp³-hybridized carbons (Fsp3) is 0.611. The molecule has 0 N–H and O–H groups in total. The monoisotopic (exact) mass is 358 g/mol. The maximum Gasteiger partial charge on any atom is 0.258 e. The number of hydrogen-bond donors (Lipinski definition) is 0. The van der Waals surface area contributed by atoms with Crippen LogP contribution in [0.4, 0.5) is 8.78 Å². The highest BCUT2D eigenvalue weighted by Gasteiger charge is 2.47. The highest BCUT2D eigenvalue weighted by molar-refractivity contribution is 6.78. The van der Waals surface area contributed by atoms with E-state index in [1.54, 1.807) is 0 Å². The molecule has 0 aromatic heterocycles. The fourth-order valence-corrected chi connectivity index (χ4v) is 8.77. The second-order valence-corrected chi connectivity index (χ2v) is 12.3. The first-order valence-corrected chi connectivity index (χ1v) is 10.5. The molecule has 6 heteroatoms. The number of ether oxygens (including phenoxy) is 1. The number of carbonyl (C=O) groups excluding carboxylic acids is 1. The molecule has 1 aromatic carbocycles. The van der Waals surface area contributed by atoms with E-state index in [1.807, 2.05) is 0 Å². The van der Waals surface area contributed by atoms with Crippen molar-refractivity contribution >= 4 is 14.6 Å². The quantitative estimate of drug-likeness (QED) is 0.429. The molecule has 0 amide bonds. The summed E-state index contributed by atoms with van der Waals surface area (Å²) in [5.41, 5.74) is 0.631. The lowest BCUT2D eigenvalue weighted by Crippen LogP contribution is -2.50. The van der Waals surface area contributed by atoms with E-state index in [4.69, 9.17) is 9.16 Å². The average molecular weight is 359 g/mol. The zero-order chi connectivity index (χ0) is 18.5. The van der Waals surface area contributed by atoms with Gasteiger partial charge in [0.1, 0.15) is 24.8 Å². The molecule has 0 atom stereocenters. The van der Waals surface area contributed by atoms with Crippen LogP contribution in [0.25, 0.3) is 0 Å². The Morgan fingerprint density at radius 1 is 1.08 bits per heavy atom. The summed E-state index contributed by atoms with van der Waals surface area (Å²) in [7, 11) is -2.38. The fourth-order valence-electron chi connectivity index (χ4n) is 3.54. The van der Waals surface area contributed by atoms with Gasteiger partial charge in [0.15, 0.2) is 12.1 Å². The lowest BCUT2D eigenvalue weighted by atomic mass is 10.2. The molecule has 0 aliphatic carbocycles. The van der Waals surface area contributed by atoms with Gasteiger partial charge < -0.3 is 9.16 Å². The number of carbonyl (C=O) groups is 1. The van der Waals surface area contributed by atoms with Crippen LogP contribution in [0, 0.1) is 5.82 Å². The van der Waals surface area contributed by atoms with Crippen molar-refractivity contribution in [3.63, 3.8) is 0 Å². The molecule has 24 heavy (non-hydrogen) atoms. The maximum absolute atomic E-state index is 14.6. The average Bonchev–Trinajstić information content (AvgIpc) is 2.51. The minimum atomic E-state index is -2.38. The van der Waals surface area contributed by atoms with E-state index in [0.29, 0.717) is 6.29 Å². The molecule has 0 aliphatic heterocycles. The first kappa shape index (κ1) is 20.6. The number of benzene rings is 1. The van der Waals surface area contributed by atoms with Gasteiger partial charge in [0, 0.05) is 6.07 Å². The highest BCUT2D eigenvalue weighted by Crippen LogP contribution is 2.44. The van der Waals surface area contributed by atoms with Crippen LogP contribution in [0.15, 0.2) is 12.1 Å². The summed E-state index contributed by atoms with van der Waals surface area (Å²) in [6.45, 7) is 11.7. The SMILES string of the molecule is CC(C)[Si](Oc1cc(OCCF)cc(C=O)c1F)(C(C)C)C(C)C. The van der Waals surface area contributed by atoms with E-state index in [9.17, 15) is 13.6 Å². The van der Waals surface area contributed by atoms with E-state index < -0.39 is 20.8 Å². The van der Waals surface area contributed by atoms with Crippen LogP contribution in [0.5, 0.6) is 11.5 Å². The van der Waals surface area contributed by atoms with Crippen LogP contribution in [0.2, 0.25) is 16.6 Å². The first-order chi connectivity index (χ1) is 11.2. The molecule has 0 saturated heterocycles. The van der Waals surface area contributed by atoms with Crippen molar-refractivity contribution in [2.24, 2.45) is 0 Å². The third-order valence-corrected chi connectivity index (χ3v) is 10.5. The third kappa shape index (κ3) is 4.15. The largest absolute Gasteiger partial charge is 0.541 e. The number of hydrogen-bond acceptors (Lipinski definition) is 3. The van der Waals surface area contributed by atoms with Crippen LogP contribution < -0.4 is 9.16 Å². The van der Waals surface area contributed by atoms with Crippen molar-refractivity contribution in [2.75, 3.05) is 13.3 Å². The van der Waals surface area contributed by atoms with Gasteiger partial charge in [0.25, 0.3) is 8.32 Å². The molecule has 0 aliphatic rings. The minimum absolute atomic E-state index is 0.0243. The highest BCUT2D eigenvalue weighted by atomic mass is 28.4. The van der Waals surface area contributed by atoms with Crippen LogP contribution in [0.1, 0.15) is 51.9 Å². The minimum Gasteiger partial charge on any atom is -0.541 e. The Balaban J connectivity index is 3.39. The molecule has 0 spiro atoms. The normalized spacial score (nSPS) is 12.1. The maximum atomic E-state index is 14.6. The van der Waals surface area contributed by atoms with E-state index in [2.05, 4.69) is 41.5 Å². The van der Waals surface area contributed by atoms with Crippen LogP contribution in [0.3, 0.4) is 0 Å². The second-order valence-electron chi connectivity index (χ2n) is 6.90. The third-order valence-electron chi connectivity index (χ3n) is 4.51. The molecule has 0 radical (unpaired) electrons. The van der Waals surface area contributed by atoms with Gasteiger partial charge in [-0.2, -0.15) is 0 Å². The molecule has 0 fully saturated rings. The Bertz CT molecular complexity index is 538. The molecule has 3 nitrogen and oxygen atoms in total. The van der Waals surface area contributed by atoms with Gasteiger partial charge in [-0.15, -0.1) is 0 Å². The molecule has 0 saturated carbocycles. The van der Waals surface area contributed by atoms with Crippen molar-refractivity contribution in [3.05, 3.63) is 23.5 Å². The molecule has 1 aromatic rings. The summed E-state index contributed by atoms with van der Waals surface area (Å²) < 4.78 is 38.5. The molecule has 0 bridgehead atoms. The van der Waals surface area contributed by atoms with E-state index in [1.165, 1.54) is 12.1 Å². The summed E-state index contributed by atoms with van der Waals surface area (Å²) >= 11 is 0. The van der Waals surface area contributed by atoms with E-state index >= 15 is 0 Å². The van der Waals surface area contributed by atoms with Crippen molar-refractivity contribution in [2.45, 2.75) is 58.2 Å². The molecular weight excluding hydrogens is 330 g/mol. The lowest BCUT2D eigenvalue weighted by Gasteiger charge is -2.42. The van der Waals surface area contributed by atoms with Crippen LogP contribution >= 0.6 is 0 Å². The number of halogens is 2. The molecule has 136 valence electrons. The van der Waals surface area contributed by atoms with Gasteiger partial charge >= 0.3 is 0 Å². The summed E-state index contributed by atoms with van der Waals surface area (Å²) in [5, 5.41) is 0. The van der Waals surface area contributed by atoms with Crippen molar-refractivity contribution in [1.29, 1.82) is 0 Å². The molecule has 0 heterocycles. The standard InChI is InChI=1S/C18H28F2O3Si/c1-12(2)24(13(3)4,14(5)6)23-17-10-16(22-8-7-19)9-15(11-21)18(17)20/h9-14H,7-8H2,1-6H3. The predicted molar refractivity (Wildman–Crippen MR) is 94.9 cm³/mol. The molecular formula is C18H28F2O3Si. The zero-order valence-corrected chi connectivity index (χ0v) is 16.4. The number of alkyl halides is 1. The second kappa shape index (κ2) is 8.60. The van der Waals surface area contributed by atoms with E-state index in [0.717, 1.165) is 0 Å². The zero-order valence-electron chi connectivity index (χ0n) is 15.4. The van der Waals surface area contributed by atoms with Crippen LogP contribution in [-0.4, -0.2) is 27.9 Å². The summed E-state index contributed by atoms with van der Waals surface area (Å²) in [4.78, 5) is 11.2. The molecule has 1 rings (SSSR count). The van der Waals surface area contributed by atoms with Crippen LogP contribution in [-0.2, 0) is 0 Å².